The van der Waals surface area contributed by atoms with Gasteiger partial charge in [0, 0.05) is 33.3 Å². The molecule has 1 fully saturated rings. The normalized spacial score (nSPS) is 19.6. The number of rotatable bonds is 10. The Morgan fingerprint density at radius 1 is 1.14 bits per heavy atom. The Morgan fingerprint density at radius 2 is 1.81 bits per heavy atom. The number of piperidine rings is 1. The highest BCUT2D eigenvalue weighted by Gasteiger charge is 2.20. The Balaban J connectivity index is 2.39. The SMILES string of the molecule is CC[C@@H](CCN(CCN(C)C)CC1CCN(C)CC1)OC. The lowest BCUT2D eigenvalue weighted by Crippen LogP contribution is -2.40. The first-order chi connectivity index (χ1) is 10.0. The quantitative estimate of drug-likeness (QED) is 0.614. The first-order valence-corrected chi connectivity index (χ1v) is 8.63. The second kappa shape index (κ2) is 10.5. The molecule has 0 aromatic rings. The molecule has 0 aromatic heterocycles. The summed E-state index contributed by atoms with van der Waals surface area (Å²) in [6.45, 7) is 9.52. The van der Waals surface area contributed by atoms with Crippen molar-refractivity contribution in [3.05, 3.63) is 0 Å². The molecular weight excluding hydrogens is 262 g/mol. The molecule has 0 bridgehead atoms. The molecule has 1 atom stereocenters. The van der Waals surface area contributed by atoms with Gasteiger partial charge in [0.25, 0.3) is 0 Å². The van der Waals surface area contributed by atoms with Gasteiger partial charge in [-0.25, -0.2) is 0 Å². The minimum Gasteiger partial charge on any atom is -0.381 e. The van der Waals surface area contributed by atoms with E-state index in [4.69, 9.17) is 4.74 Å². The summed E-state index contributed by atoms with van der Waals surface area (Å²) in [6, 6.07) is 0. The second-order valence-corrected chi connectivity index (χ2v) is 6.91. The molecule has 0 unspecified atom stereocenters. The van der Waals surface area contributed by atoms with Crippen LogP contribution in [0.15, 0.2) is 0 Å². The fourth-order valence-electron chi connectivity index (χ4n) is 3.06. The molecule has 1 aliphatic heterocycles. The van der Waals surface area contributed by atoms with Crippen LogP contribution in [0.5, 0.6) is 0 Å². The van der Waals surface area contributed by atoms with Crippen molar-refractivity contribution in [3.63, 3.8) is 0 Å². The first kappa shape index (κ1) is 18.9. The molecule has 0 saturated carbocycles. The highest BCUT2D eigenvalue weighted by molar-refractivity contribution is 4.74. The standard InChI is InChI=1S/C17H37N3O/c1-6-17(21-5)9-12-20(14-13-18(2)3)15-16-7-10-19(4)11-8-16/h16-17H,6-15H2,1-5H3/t17-/m0/s1. The van der Waals surface area contributed by atoms with E-state index in [1.807, 2.05) is 7.11 Å². The molecule has 1 rings (SSSR count). The molecule has 1 saturated heterocycles. The van der Waals surface area contributed by atoms with Crippen molar-refractivity contribution in [1.82, 2.24) is 14.7 Å². The fraction of sp³-hybridized carbons (Fsp3) is 1.00. The van der Waals surface area contributed by atoms with Crippen LogP contribution < -0.4 is 0 Å². The van der Waals surface area contributed by atoms with Gasteiger partial charge < -0.3 is 19.4 Å². The summed E-state index contributed by atoms with van der Waals surface area (Å²) in [7, 11) is 8.41. The minimum atomic E-state index is 0.421. The molecule has 0 amide bonds. The van der Waals surface area contributed by atoms with Gasteiger partial charge in [-0.3, -0.25) is 0 Å². The summed E-state index contributed by atoms with van der Waals surface area (Å²) < 4.78 is 5.54. The van der Waals surface area contributed by atoms with Gasteiger partial charge >= 0.3 is 0 Å². The van der Waals surface area contributed by atoms with Crippen LogP contribution in [0, 0.1) is 5.92 Å². The molecule has 1 aliphatic rings. The largest absolute Gasteiger partial charge is 0.381 e. The number of nitrogens with zero attached hydrogens (tertiary/aromatic N) is 3. The van der Waals surface area contributed by atoms with E-state index in [2.05, 4.69) is 42.8 Å². The van der Waals surface area contributed by atoms with E-state index >= 15 is 0 Å². The van der Waals surface area contributed by atoms with Crippen molar-refractivity contribution in [1.29, 1.82) is 0 Å². The van der Waals surface area contributed by atoms with Crippen molar-refractivity contribution in [2.45, 2.75) is 38.7 Å². The molecule has 21 heavy (non-hydrogen) atoms. The van der Waals surface area contributed by atoms with Crippen molar-refractivity contribution < 1.29 is 4.74 Å². The molecule has 0 N–H and O–H groups in total. The number of methoxy groups -OCH3 is 1. The highest BCUT2D eigenvalue weighted by atomic mass is 16.5. The van der Waals surface area contributed by atoms with Crippen LogP contribution in [0.25, 0.3) is 0 Å². The molecule has 4 nitrogen and oxygen atoms in total. The summed E-state index contributed by atoms with van der Waals surface area (Å²) in [4.78, 5) is 7.41. The Hall–Kier alpha value is -0.160. The lowest BCUT2D eigenvalue weighted by atomic mass is 9.96. The zero-order chi connectivity index (χ0) is 15.7. The monoisotopic (exact) mass is 299 g/mol. The van der Waals surface area contributed by atoms with Crippen LogP contribution in [0.4, 0.5) is 0 Å². The average molecular weight is 300 g/mol. The molecule has 0 aliphatic carbocycles. The third kappa shape index (κ3) is 8.15. The van der Waals surface area contributed by atoms with Crippen LogP contribution in [0.3, 0.4) is 0 Å². The lowest BCUT2D eigenvalue weighted by molar-refractivity contribution is 0.0735. The van der Waals surface area contributed by atoms with E-state index in [-0.39, 0.29) is 0 Å². The van der Waals surface area contributed by atoms with Crippen molar-refractivity contribution in [2.75, 3.05) is 67.5 Å². The fourth-order valence-corrected chi connectivity index (χ4v) is 3.06. The van der Waals surface area contributed by atoms with Crippen molar-refractivity contribution >= 4 is 0 Å². The number of likely N-dealkylation sites (N-methyl/N-ethyl adjacent to an activating group) is 1. The molecule has 1 heterocycles. The van der Waals surface area contributed by atoms with Crippen LogP contribution in [0.2, 0.25) is 0 Å². The van der Waals surface area contributed by atoms with Gasteiger partial charge in [-0.2, -0.15) is 0 Å². The van der Waals surface area contributed by atoms with Crippen LogP contribution in [0.1, 0.15) is 32.6 Å². The van der Waals surface area contributed by atoms with E-state index in [0.29, 0.717) is 6.10 Å². The topological polar surface area (TPSA) is 19.0 Å². The summed E-state index contributed by atoms with van der Waals surface area (Å²) >= 11 is 0. The zero-order valence-electron chi connectivity index (χ0n) is 15.0. The maximum atomic E-state index is 5.54. The van der Waals surface area contributed by atoms with Gasteiger partial charge in [-0.15, -0.1) is 0 Å². The minimum absolute atomic E-state index is 0.421. The maximum Gasteiger partial charge on any atom is 0.0580 e. The summed E-state index contributed by atoms with van der Waals surface area (Å²) in [5, 5.41) is 0. The van der Waals surface area contributed by atoms with Crippen LogP contribution in [-0.4, -0.2) is 88.3 Å². The lowest BCUT2D eigenvalue weighted by Gasteiger charge is -2.34. The number of likely N-dealkylation sites (tertiary alicyclic amines) is 1. The zero-order valence-corrected chi connectivity index (χ0v) is 15.0. The number of ether oxygens (including phenoxy) is 1. The molecular formula is C17H37N3O. The Morgan fingerprint density at radius 3 is 2.33 bits per heavy atom. The third-order valence-electron chi connectivity index (χ3n) is 4.77. The van der Waals surface area contributed by atoms with E-state index < -0.39 is 0 Å². The van der Waals surface area contributed by atoms with Gasteiger partial charge in [0.1, 0.15) is 0 Å². The van der Waals surface area contributed by atoms with Crippen molar-refractivity contribution in [3.8, 4) is 0 Å². The molecule has 0 aromatic carbocycles. The molecule has 0 radical (unpaired) electrons. The number of hydrogen-bond donors (Lipinski definition) is 0. The molecule has 126 valence electrons. The predicted molar refractivity (Wildman–Crippen MR) is 90.9 cm³/mol. The van der Waals surface area contributed by atoms with E-state index in [1.165, 1.54) is 45.6 Å². The predicted octanol–water partition coefficient (Wildman–Crippen LogP) is 2.01. The van der Waals surface area contributed by atoms with E-state index in [0.717, 1.165) is 25.3 Å². The number of hydrogen-bond acceptors (Lipinski definition) is 4. The smallest absolute Gasteiger partial charge is 0.0580 e. The summed E-state index contributed by atoms with van der Waals surface area (Å²) in [5.74, 6) is 0.881. The van der Waals surface area contributed by atoms with Crippen molar-refractivity contribution in [2.24, 2.45) is 5.92 Å². The van der Waals surface area contributed by atoms with Gasteiger partial charge in [0.05, 0.1) is 6.10 Å². The Labute approximate surface area is 132 Å². The third-order valence-corrected chi connectivity index (χ3v) is 4.77. The van der Waals surface area contributed by atoms with Gasteiger partial charge in [-0.1, -0.05) is 6.92 Å². The molecule has 0 spiro atoms. The summed E-state index contributed by atoms with van der Waals surface area (Å²) in [6.07, 6.45) is 5.41. The second-order valence-electron chi connectivity index (χ2n) is 6.91. The maximum absolute atomic E-state index is 5.54. The first-order valence-electron chi connectivity index (χ1n) is 8.63. The Bertz CT molecular complexity index is 248. The highest BCUT2D eigenvalue weighted by Crippen LogP contribution is 2.18. The van der Waals surface area contributed by atoms with Gasteiger partial charge in [-0.05, 0) is 65.8 Å². The van der Waals surface area contributed by atoms with Crippen LogP contribution >= 0.6 is 0 Å². The summed E-state index contributed by atoms with van der Waals surface area (Å²) in [5.41, 5.74) is 0. The Kier molecular flexibility index (Phi) is 9.49. The van der Waals surface area contributed by atoms with E-state index in [1.54, 1.807) is 0 Å². The van der Waals surface area contributed by atoms with Gasteiger partial charge in [0.2, 0.25) is 0 Å². The average Bonchev–Trinajstić information content (AvgIpc) is 2.47. The molecule has 4 heteroatoms. The van der Waals surface area contributed by atoms with Crippen LogP contribution in [-0.2, 0) is 4.74 Å². The van der Waals surface area contributed by atoms with E-state index in [9.17, 15) is 0 Å². The van der Waals surface area contributed by atoms with Gasteiger partial charge in [0.15, 0.2) is 0 Å².